The lowest BCUT2D eigenvalue weighted by atomic mass is 10.3. The highest BCUT2D eigenvalue weighted by molar-refractivity contribution is 9.10. The summed E-state index contributed by atoms with van der Waals surface area (Å²) in [6.45, 7) is 1.84. The van der Waals surface area contributed by atoms with E-state index < -0.39 is 0 Å². The Balaban J connectivity index is 2.19. The van der Waals surface area contributed by atoms with E-state index in [-0.39, 0.29) is 5.91 Å². The summed E-state index contributed by atoms with van der Waals surface area (Å²) in [6, 6.07) is 16.1. The summed E-state index contributed by atoms with van der Waals surface area (Å²) in [7, 11) is 0. The molecule has 19 heavy (non-hydrogen) atoms. The number of amides is 1. The van der Waals surface area contributed by atoms with Gasteiger partial charge in [0.15, 0.2) is 0 Å². The minimum absolute atomic E-state index is 0.0220. The summed E-state index contributed by atoms with van der Waals surface area (Å²) in [5.41, 5.74) is 0.819. The number of hydrogen-bond acceptors (Lipinski definition) is 2. The van der Waals surface area contributed by atoms with E-state index in [4.69, 9.17) is 0 Å². The molecule has 0 atom stereocenters. The van der Waals surface area contributed by atoms with E-state index in [1.807, 2.05) is 43.3 Å². The first kappa shape index (κ1) is 14.2. The normalized spacial score (nSPS) is 10.2. The third kappa shape index (κ3) is 4.40. The van der Waals surface area contributed by atoms with E-state index in [1.54, 1.807) is 11.8 Å². The molecule has 2 aromatic carbocycles. The van der Waals surface area contributed by atoms with Crippen molar-refractivity contribution in [3.63, 3.8) is 0 Å². The predicted octanol–water partition coefficient (Wildman–Crippen LogP) is 4.95. The van der Waals surface area contributed by atoms with Crippen LogP contribution >= 0.6 is 27.7 Å². The van der Waals surface area contributed by atoms with E-state index in [1.165, 1.54) is 4.90 Å². The monoisotopic (exact) mass is 335 g/mol. The van der Waals surface area contributed by atoms with Gasteiger partial charge in [-0.25, -0.2) is 0 Å². The number of benzene rings is 2. The second kappa shape index (κ2) is 6.78. The lowest BCUT2D eigenvalue weighted by molar-refractivity contribution is -0.115. The van der Waals surface area contributed by atoms with Gasteiger partial charge in [0.1, 0.15) is 0 Å². The van der Waals surface area contributed by atoms with E-state index >= 15 is 0 Å². The molecule has 0 unspecified atom stereocenters. The molecule has 2 rings (SSSR count). The second-order valence-electron chi connectivity index (χ2n) is 3.99. The molecule has 1 amide bonds. The number of nitrogens with one attached hydrogen (secondary N) is 1. The van der Waals surface area contributed by atoms with Gasteiger partial charge in [0.2, 0.25) is 5.91 Å². The first-order chi connectivity index (χ1) is 9.17. The summed E-state index contributed by atoms with van der Waals surface area (Å²) < 4.78 is 0.958. The molecule has 0 radical (unpaired) electrons. The van der Waals surface area contributed by atoms with Crippen LogP contribution in [-0.4, -0.2) is 5.91 Å². The fourth-order valence-corrected chi connectivity index (χ4v) is 3.15. The molecular weight excluding hydrogens is 322 g/mol. The summed E-state index contributed by atoms with van der Waals surface area (Å²) >= 11 is 5.14. The van der Waals surface area contributed by atoms with Crippen molar-refractivity contribution in [1.82, 2.24) is 0 Å². The Morgan fingerprint density at radius 3 is 2.58 bits per heavy atom. The van der Waals surface area contributed by atoms with Crippen LogP contribution in [-0.2, 0) is 4.79 Å². The Kier molecular flexibility index (Phi) is 5.05. The minimum atomic E-state index is 0.0220. The van der Waals surface area contributed by atoms with Crippen molar-refractivity contribution in [3.05, 3.63) is 53.0 Å². The van der Waals surface area contributed by atoms with Gasteiger partial charge in [-0.1, -0.05) is 52.8 Å². The van der Waals surface area contributed by atoms with Crippen molar-refractivity contribution in [2.45, 2.75) is 23.1 Å². The SMILES string of the molecule is CCC(=O)Nc1cc(Br)cc(Sc2ccccc2)c1. The second-order valence-corrected chi connectivity index (χ2v) is 6.06. The molecule has 2 aromatic rings. The van der Waals surface area contributed by atoms with E-state index in [2.05, 4.69) is 33.4 Å². The van der Waals surface area contributed by atoms with Gasteiger partial charge >= 0.3 is 0 Å². The van der Waals surface area contributed by atoms with Crippen LogP contribution in [0.1, 0.15) is 13.3 Å². The largest absolute Gasteiger partial charge is 0.326 e. The number of carbonyl (C=O) groups excluding carboxylic acids is 1. The summed E-state index contributed by atoms with van der Waals surface area (Å²) in [5.74, 6) is 0.0220. The van der Waals surface area contributed by atoms with Crippen LogP contribution in [0.15, 0.2) is 62.8 Å². The Hall–Kier alpha value is -1.26. The fourth-order valence-electron chi connectivity index (χ4n) is 1.57. The van der Waals surface area contributed by atoms with Crippen LogP contribution in [0, 0.1) is 0 Å². The molecule has 0 spiro atoms. The topological polar surface area (TPSA) is 29.1 Å². The molecule has 0 heterocycles. The Morgan fingerprint density at radius 2 is 1.89 bits per heavy atom. The first-order valence-corrected chi connectivity index (χ1v) is 7.61. The molecule has 2 nitrogen and oxygen atoms in total. The van der Waals surface area contributed by atoms with Crippen molar-refractivity contribution in [2.24, 2.45) is 0 Å². The molecular formula is C15H14BrNOS. The Morgan fingerprint density at radius 1 is 1.16 bits per heavy atom. The number of carbonyl (C=O) groups is 1. The highest BCUT2D eigenvalue weighted by Crippen LogP contribution is 2.32. The van der Waals surface area contributed by atoms with E-state index in [0.29, 0.717) is 6.42 Å². The number of anilines is 1. The van der Waals surface area contributed by atoms with Crippen molar-refractivity contribution in [1.29, 1.82) is 0 Å². The fraction of sp³-hybridized carbons (Fsp3) is 0.133. The quantitative estimate of drug-likeness (QED) is 0.856. The summed E-state index contributed by atoms with van der Waals surface area (Å²) in [4.78, 5) is 13.7. The molecule has 98 valence electrons. The molecule has 0 saturated heterocycles. The van der Waals surface area contributed by atoms with Crippen molar-refractivity contribution < 1.29 is 4.79 Å². The molecule has 0 aliphatic heterocycles. The molecule has 0 aliphatic rings. The van der Waals surface area contributed by atoms with Crippen molar-refractivity contribution in [2.75, 3.05) is 5.32 Å². The van der Waals surface area contributed by atoms with Gasteiger partial charge < -0.3 is 5.32 Å². The Bertz CT molecular complexity index is 572. The molecule has 1 N–H and O–H groups in total. The van der Waals surface area contributed by atoms with Crippen molar-refractivity contribution >= 4 is 39.3 Å². The lowest BCUT2D eigenvalue weighted by Crippen LogP contribution is -2.09. The zero-order chi connectivity index (χ0) is 13.7. The molecule has 0 aliphatic carbocycles. The van der Waals surface area contributed by atoms with Gasteiger partial charge in [0, 0.05) is 26.4 Å². The van der Waals surface area contributed by atoms with Gasteiger partial charge in [-0.2, -0.15) is 0 Å². The number of rotatable bonds is 4. The third-order valence-corrected chi connectivity index (χ3v) is 3.89. The maximum atomic E-state index is 11.4. The van der Waals surface area contributed by atoms with Gasteiger partial charge in [0.25, 0.3) is 0 Å². The zero-order valence-corrected chi connectivity index (χ0v) is 12.9. The van der Waals surface area contributed by atoms with Crippen LogP contribution in [0.25, 0.3) is 0 Å². The molecule has 0 saturated carbocycles. The third-order valence-electron chi connectivity index (χ3n) is 2.46. The average molecular weight is 336 g/mol. The summed E-state index contributed by atoms with van der Waals surface area (Å²) in [6.07, 6.45) is 0.480. The number of hydrogen-bond donors (Lipinski definition) is 1. The van der Waals surface area contributed by atoms with Crippen LogP contribution in [0.2, 0.25) is 0 Å². The smallest absolute Gasteiger partial charge is 0.224 e. The van der Waals surface area contributed by atoms with E-state index in [9.17, 15) is 4.79 Å². The van der Waals surface area contributed by atoms with Crippen molar-refractivity contribution in [3.8, 4) is 0 Å². The summed E-state index contributed by atoms with van der Waals surface area (Å²) in [5, 5.41) is 2.88. The predicted molar refractivity (Wildman–Crippen MR) is 83.6 cm³/mol. The molecule has 0 fully saturated rings. The van der Waals surface area contributed by atoms with Gasteiger partial charge in [-0.15, -0.1) is 0 Å². The van der Waals surface area contributed by atoms with Crippen LogP contribution in [0.5, 0.6) is 0 Å². The zero-order valence-electron chi connectivity index (χ0n) is 10.5. The van der Waals surface area contributed by atoms with Gasteiger partial charge in [0.05, 0.1) is 0 Å². The van der Waals surface area contributed by atoms with Crippen LogP contribution in [0.3, 0.4) is 0 Å². The average Bonchev–Trinajstić information content (AvgIpc) is 2.39. The minimum Gasteiger partial charge on any atom is -0.326 e. The first-order valence-electron chi connectivity index (χ1n) is 6.00. The number of halogens is 1. The standard InChI is InChI=1S/C15H14BrNOS/c1-2-15(18)17-12-8-11(16)9-14(10-12)19-13-6-4-3-5-7-13/h3-10H,2H2,1H3,(H,17,18). The van der Waals surface area contributed by atoms with Gasteiger partial charge in [-0.3, -0.25) is 4.79 Å². The molecule has 0 aromatic heterocycles. The van der Waals surface area contributed by atoms with Crippen LogP contribution < -0.4 is 5.32 Å². The molecule has 0 bridgehead atoms. The van der Waals surface area contributed by atoms with Crippen LogP contribution in [0.4, 0.5) is 5.69 Å². The maximum absolute atomic E-state index is 11.4. The highest BCUT2D eigenvalue weighted by Gasteiger charge is 2.04. The van der Waals surface area contributed by atoms with E-state index in [0.717, 1.165) is 15.1 Å². The highest BCUT2D eigenvalue weighted by atomic mass is 79.9. The van der Waals surface area contributed by atoms with Gasteiger partial charge in [-0.05, 0) is 30.3 Å². The molecule has 4 heteroatoms. The maximum Gasteiger partial charge on any atom is 0.224 e. The lowest BCUT2D eigenvalue weighted by Gasteiger charge is -2.08. The Labute approximate surface area is 125 Å².